The molecule has 5 heteroatoms. The molecule has 2 bridgehead atoms. The molecule has 0 radical (unpaired) electrons. The van der Waals surface area contributed by atoms with Crippen molar-refractivity contribution in [1.29, 1.82) is 0 Å². The molecular weight excluding hydrogens is 232 g/mol. The third kappa shape index (κ3) is 1.77. The van der Waals surface area contributed by atoms with Gasteiger partial charge in [-0.3, -0.25) is 0 Å². The highest BCUT2D eigenvalue weighted by atomic mass is 16.5. The van der Waals surface area contributed by atoms with Gasteiger partial charge in [-0.1, -0.05) is 5.16 Å². The van der Waals surface area contributed by atoms with Gasteiger partial charge in [0.25, 0.3) is 0 Å². The average molecular weight is 250 g/mol. The topological polar surface area (TPSA) is 57.4 Å². The normalized spacial score (nSPS) is 36.3. The van der Waals surface area contributed by atoms with Gasteiger partial charge in [-0.15, -0.1) is 0 Å². The summed E-state index contributed by atoms with van der Waals surface area (Å²) in [4.78, 5) is 4.62. The van der Waals surface area contributed by atoms with E-state index < -0.39 is 0 Å². The maximum Gasteiger partial charge on any atom is 0.232 e. The lowest BCUT2D eigenvalue weighted by atomic mass is 9.89. The molecule has 3 saturated heterocycles. The smallest absolute Gasteiger partial charge is 0.232 e. The van der Waals surface area contributed by atoms with E-state index in [1.165, 1.54) is 6.42 Å². The summed E-state index contributed by atoms with van der Waals surface area (Å²) in [5, 5.41) is 4.17. The first-order valence-electron chi connectivity index (χ1n) is 6.97. The van der Waals surface area contributed by atoms with Gasteiger partial charge in [0.05, 0.1) is 18.1 Å². The number of aromatic nitrogens is 2. The highest BCUT2D eigenvalue weighted by molar-refractivity contribution is 5.07. The third-order valence-corrected chi connectivity index (χ3v) is 4.47. The second-order valence-electron chi connectivity index (χ2n) is 5.59. The Balaban J connectivity index is 1.51. The van der Waals surface area contributed by atoms with E-state index >= 15 is 0 Å². The van der Waals surface area contributed by atoms with Crippen LogP contribution in [0.4, 0.5) is 0 Å². The third-order valence-electron chi connectivity index (χ3n) is 4.47. The lowest BCUT2D eigenvalue weighted by molar-refractivity contribution is 0.0830. The van der Waals surface area contributed by atoms with Gasteiger partial charge in [0.1, 0.15) is 0 Å². The summed E-state index contributed by atoms with van der Waals surface area (Å²) in [6, 6.07) is 0. The minimum atomic E-state index is 0.318. The molecule has 4 rings (SSSR count). The Kier molecular flexibility index (Phi) is 2.62. The highest BCUT2D eigenvalue weighted by Gasteiger charge is 2.44. The number of hydrogen-bond donors (Lipinski definition) is 0. The molecule has 4 heterocycles. The fourth-order valence-corrected chi connectivity index (χ4v) is 3.42. The van der Waals surface area contributed by atoms with Gasteiger partial charge >= 0.3 is 0 Å². The zero-order chi connectivity index (χ0) is 11.9. The largest absolute Gasteiger partial charge is 0.381 e. The molecule has 1 aromatic heterocycles. The van der Waals surface area contributed by atoms with Gasteiger partial charge < -0.3 is 14.0 Å². The summed E-state index contributed by atoms with van der Waals surface area (Å²) in [5.74, 6) is 2.42. The molecule has 3 atom stereocenters. The molecule has 0 saturated carbocycles. The molecule has 0 amide bonds. The highest BCUT2D eigenvalue weighted by Crippen LogP contribution is 2.44. The summed E-state index contributed by atoms with van der Waals surface area (Å²) in [5.41, 5.74) is 0. The van der Waals surface area contributed by atoms with E-state index in [-0.39, 0.29) is 0 Å². The molecule has 0 unspecified atom stereocenters. The first-order valence-corrected chi connectivity index (χ1v) is 6.97. The number of rotatable bonds is 2. The van der Waals surface area contributed by atoms with Crippen LogP contribution in [0, 0.1) is 0 Å². The Morgan fingerprint density at radius 3 is 2.67 bits per heavy atom. The van der Waals surface area contributed by atoms with E-state index in [9.17, 15) is 0 Å². The minimum Gasteiger partial charge on any atom is -0.381 e. The van der Waals surface area contributed by atoms with E-state index in [1.54, 1.807) is 0 Å². The quantitative estimate of drug-likeness (QED) is 0.803. The standard InChI is InChI=1S/C13H18N2O3/c1-2-11-10(7-9(1)17-11)13-14-12(15-18-13)8-3-5-16-6-4-8/h8-11H,1-7H2/t9-,10-,11+/m1/s1. The van der Waals surface area contributed by atoms with Crippen LogP contribution in [0.1, 0.15) is 55.7 Å². The molecule has 3 aliphatic heterocycles. The van der Waals surface area contributed by atoms with Crippen molar-refractivity contribution in [2.75, 3.05) is 13.2 Å². The maximum absolute atomic E-state index is 5.85. The van der Waals surface area contributed by atoms with Crippen LogP contribution in [-0.4, -0.2) is 35.6 Å². The second kappa shape index (κ2) is 4.31. The number of ether oxygens (including phenoxy) is 2. The molecule has 0 spiro atoms. The summed E-state index contributed by atoms with van der Waals surface area (Å²) >= 11 is 0. The van der Waals surface area contributed by atoms with Gasteiger partial charge in [-0.05, 0) is 32.1 Å². The molecule has 0 aliphatic carbocycles. The van der Waals surface area contributed by atoms with Crippen molar-refractivity contribution in [3.05, 3.63) is 11.7 Å². The van der Waals surface area contributed by atoms with Crippen LogP contribution in [-0.2, 0) is 9.47 Å². The van der Waals surface area contributed by atoms with Crippen molar-refractivity contribution in [3.63, 3.8) is 0 Å². The van der Waals surface area contributed by atoms with Crippen LogP contribution in [0.3, 0.4) is 0 Å². The molecule has 3 aliphatic rings. The predicted octanol–water partition coefficient (Wildman–Crippen LogP) is 2.00. The van der Waals surface area contributed by atoms with Crippen LogP contribution >= 0.6 is 0 Å². The van der Waals surface area contributed by atoms with Crippen LogP contribution in [0.5, 0.6) is 0 Å². The molecule has 98 valence electrons. The molecule has 1 aromatic rings. The number of nitrogens with zero attached hydrogens (tertiary/aromatic N) is 2. The maximum atomic E-state index is 5.85. The van der Waals surface area contributed by atoms with Gasteiger partial charge in [-0.25, -0.2) is 0 Å². The Morgan fingerprint density at radius 1 is 1.06 bits per heavy atom. The van der Waals surface area contributed by atoms with Crippen molar-refractivity contribution in [2.24, 2.45) is 0 Å². The first-order chi connectivity index (χ1) is 8.90. The minimum absolute atomic E-state index is 0.318. The van der Waals surface area contributed by atoms with Crippen LogP contribution in [0.2, 0.25) is 0 Å². The SMILES string of the molecule is C1CC(c2noc([C@@H]3C[C@H]4CC[C@@H]3O4)n2)CCO1. The monoisotopic (exact) mass is 250 g/mol. The van der Waals surface area contributed by atoms with Crippen LogP contribution in [0.25, 0.3) is 0 Å². The Morgan fingerprint density at radius 2 is 1.94 bits per heavy atom. The van der Waals surface area contributed by atoms with Crippen LogP contribution in [0.15, 0.2) is 4.52 Å². The first kappa shape index (κ1) is 10.9. The average Bonchev–Trinajstić information content (AvgIpc) is 3.15. The Labute approximate surface area is 106 Å². The summed E-state index contributed by atoms with van der Waals surface area (Å²) < 4.78 is 16.7. The zero-order valence-electron chi connectivity index (χ0n) is 10.4. The van der Waals surface area contributed by atoms with E-state index in [0.717, 1.165) is 50.6 Å². The molecule has 0 N–H and O–H groups in total. The zero-order valence-corrected chi connectivity index (χ0v) is 10.4. The number of fused-ring (bicyclic) bond motifs is 2. The number of hydrogen-bond acceptors (Lipinski definition) is 5. The molecule has 5 nitrogen and oxygen atoms in total. The van der Waals surface area contributed by atoms with E-state index in [4.69, 9.17) is 14.0 Å². The van der Waals surface area contributed by atoms with Gasteiger partial charge in [0.15, 0.2) is 5.82 Å². The fraction of sp³-hybridized carbons (Fsp3) is 0.846. The van der Waals surface area contributed by atoms with Crippen molar-refractivity contribution in [1.82, 2.24) is 10.1 Å². The van der Waals surface area contributed by atoms with Crippen molar-refractivity contribution < 1.29 is 14.0 Å². The predicted molar refractivity (Wildman–Crippen MR) is 62.3 cm³/mol. The van der Waals surface area contributed by atoms with Gasteiger partial charge in [-0.2, -0.15) is 4.98 Å². The van der Waals surface area contributed by atoms with E-state index in [1.807, 2.05) is 0 Å². The second-order valence-corrected chi connectivity index (χ2v) is 5.59. The fourth-order valence-electron chi connectivity index (χ4n) is 3.42. The van der Waals surface area contributed by atoms with Crippen LogP contribution < -0.4 is 0 Å². The summed E-state index contributed by atoms with van der Waals surface area (Å²) in [6.45, 7) is 1.62. The molecule has 18 heavy (non-hydrogen) atoms. The molecule has 3 fully saturated rings. The Hall–Kier alpha value is -0.940. The van der Waals surface area contributed by atoms with Gasteiger partial charge in [0, 0.05) is 19.1 Å². The summed E-state index contributed by atoms with van der Waals surface area (Å²) in [6.07, 6.45) is 6.15. The van der Waals surface area contributed by atoms with Crippen molar-refractivity contribution in [2.45, 2.75) is 56.1 Å². The van der Waals surface area contributed by atoms with Crippen molar-refractivity contribution >= 4 is 0 Å². The Bertz CT molecular complexity index is 428. The molecule has 0 aromatic carbocycles. The van der Waals surface area contributed by atoms with E-state index in [0.29, 0.717) is 24.0 Å². The van der Waals surface area contributed by atoms with E-state index in [2.05, 4.69) is 10.1 Å². The lowest BCUT2D eigenvalue weighted by Crippen LogP contribution is -2.16. The lowest BCUT2D eigenvalue weighted by Gasteiger charge is -2.18. The van der Waals surface area contributed by atoms with Crippen molar-refractivity contribution in [3.8, 4) is 0 Å². The van der Waals surface area contributed by atoms with Gasteiger partial charge in [0.2, 0.25) is 5.89 Å². The summed E-state index contributed by atoms with van der Waals surface area (Å²) in [7, 11) is 0. The molecular formula is C13H18N2O3.